The van der Waals surface area contributed by atoms with Crippen molar-refractivity contribution in [3.63, 3.8) is 0 Å². The molecule has 2 fully saturated rings. The van der Waals surface area contributed by atoms with E-state index >= 15 is 0 Å². The first-order valence-corrected chi connectivity index (χ1v) is 5.40. The number of amides is 1. The highest BCUT2D eigenvalue weighted by molar-refractivity contribution is 5.82. The molecule has 1 unspecified atom stereocenters. The molecule has 3 heteroatoms. The fourth-order valence-electron chi connectivity index (χ4n) is 2.31. The molecule has 0 bridgehead atoms. The molecule has 0 aromatic heterocycles. The second kappa shape index (κ2) is 4.09. The van der Waals surface area contributed by atoms with E-state index in [9.17, 15) is 4.79 Å². The van der Waals surface area contributed by atoms with Crippen molar-refractivity contribution in [3.8, 4) is 0 Å². The van der Waals surface area contributed by atoms with Gasteiger partial charge in [-0.3, -0.25) is 4.79 Å². The van der Waals surface area contributed by atoms with Crippen molar-refractivity contribution in [1.29, 1.82) is 0 Å². The van der Waals surface area contributed by atoms with Gasteiger partial charge in [0.15, 0.2) is 0 Å². The number of hydrogen-bond donors (Lipinski definition) is 2. The average Bonchev–Trinajstić information content (AvgIpc) is 2.61. The summed E-state index contributed by atoms with van der Waals surface area (Å²) in [5.74, 6) is 0.207. The minimum Gasteiger partial charge on any atom is -0.355 e. The van der Waals surface area contributed by atoms with Gasteiger partial charge < -0.3 is 10.6 Å². The number of piperidine rings is 1. The normalized spacial score (nSPS) is 30.5. The van der Waals surface area contributed by atoms with Crippen LogP contribution in [0.3, 0.4) is 0 Å². The van der Waals surface area contributed by atoms with E-state index in [-0.39, 0.29) is 11.9 Å². The number of carbonyl (C=O) groups excluding carboxylic acids is 1. The Morgan fingerprint density at radius 1 is 1.15 bits per heavy atom. The highest BCUT2D eigenvalue weighted by atomic mass is 16.2. The molecule has 0 radical (unpaired) electrons. The largest absolute Gasteiger partial charge is 0.355 e. The maximum absolute atomic E-state index is 11.4. The Balaban J connectivity index is 1.81. The zero-order valence-electron chi connectivity index (χ0n) is 8.01. The fraction of sp³-hybridized carbons (Fsp3) is 0.900. The van der Waals surface area contributed by atoms with Crippen molar-refractivity contribution in [2.45, 2.75) is 50.6 Å². The average molecular weight is 182 g/mol. The SMILES string of the molecule is O=C1NCCCC1NC1CCCC1. The van der Waals surface area contributed by atoms with Gasteiger partial charge in [-0.15, -0.1) is 0 Å². The second-order valence-corrected chi connectivity index (χ2v) is 4.13. The van der Waals surface area contributed by atoms with E-state index in [4.69, 9.17) is 0 Å². The highest BCUT2D eigenvalue weighted by Crippen LogP contribution is 2.19. The van der Waals surface area contributed by atoms with E-state index in [1.54, 1.807) is 0 Å². The first-order valence-electron chi connectivity index (χ1n) is 5.40. The Morgan fingerprint density at radius 3 is 2.62 bits per heavy atom. The van der Waals surface area contributed by atoms with Gasteiger partial charge in [-0.05, 0) is 25.7 Å². The molecule has 2 rings (SSSR count). The first-order chi connectivity index (χ1) is 6.36. The summed E-state index contributed by atoms with van der Waals surface area (Å²) in [4.78, 5) is 11.4. The van der Waals surface area contributed by atoms with Crippen LogP contribution in [0.15, 0.2) is 0 Å². The molecular weight excluding hydrogens is 164 g/mol. The van der Waals surface area contributed by atoms with E-state index in [2.05, 4.69) is 10.6 Å². The molecule has 0 spiro atoms. The van der Waals surface area contributed by atoms with Crippen LogP contribution in [-0.4, -0.2) is 24.5 Å². The van der Waals surface area contributed by atoms with Crippen LogP contribution in [0.1, 0.15) is 38.5 Å². The summed E-state index contributed by atoms with van der Waals surface area (Å²) in [6, 6.07) is 0.700. The summed E-state index contributed by atoms with van der Waals surface area (Å²) in [7, 11) is 0. The molecule has 1 saturated heterocycles. The van der Waals surface area contributed by atoms with Crippen LogP contribution in [0, 0.1) is 0 Å². The molecule has 1 aliphatic heterocycles. The molecule has 2 N–H and O–H groups in total. The quantitative estimate of drug-likeness (QED) is 0.663. The van der Waals surface area contributed by atoms with Crippen molar-refractivity contribution >= 4 is 5.91 Å². The number of rotatable bonds is 2. The van der Waals surface area contributed by atoms with Crippen LogP contribution < -0.4 is 10.6 Å². The predicted octanol–water partition coefficient (Wildman–Crippen LogP) is 0.797. The number of hydrogen-bond acceptors (Lipinski definition) is 2. The lowest BCUT2D eigenvalue weighted by Gasteiger charge is -2.25. The van der Waals surface area contributed by atoms with Gasteiger partial charge in [-0.1, -0.05) is 12.8 Å². The van der Waals surface area contributed by atoms with Gasteiger partial charge in [-0.2, -0.15) is 0 Å². The molecule has 0 aromatic rings. The molecular formula is C10H18N2O. The number of nitrogens with one attached hydrogen (secondary N) is 2. The summed E-state index contributed by atoms with van der Waals surface area (Å²) in [6.07, 6.45) is 7.30. The monoisotopic (exact) mass is 182 g/mol. The molecule has 2 aliphatic rings. The van der Waals surface area contributed by atoms with Gasteiger partial charge in [-0.25, -0.2) is 0 Å². The Bertz CT molecular complexity index is 187. The van der Waals surface area contributed by atoms with Crippen LogP contribution in [0.25, 0.3) is 0 Å². The van der Waals surface area contributed by atoms with Gasteiger partial charge in [0.1, 0.15) is 0 Å². The standard InChI is InChI=1S/C10H18N2O/c13-10-9(6-3-7-11-10)12-8-4-1-2-5-8/h8-9,12H,1-7H2,(H,11,13). The molecule has 13 heavy (non-hydrogen) atoms. The van der Waals surface area contributed by atoms with Crippen molar-refractivity contribution in [2.24, 2.45) is 0 Å². The zero-order chi connectivity index (χ0) is 9.10. The van der Waals surface area contributed by atoms with E-state index < -0.39 is 0 Å². The molecule has 1 amide bonds. The van der Waals surface area contributed by atoms with E-state index in [1.165, 1.54) is 25.7 Å². The van der Waals surface area contributed by atoms with E-state index in [0.717, 1.165) is 19.4 Å². The van der Waals surface area contributed by atoms with E-state index in [0.29, 0.717) is 6.04 Å². The maximum atomic E-state index is 11.4. The lowest BCUT2D eigenvalue weighted by atomic mass is 10.1. The third-order valence-electron chi connectivity index (χ3n) is 3.08. The summed E-state index contributed by atoms with van der Waals surface area (Å²) in [6.45, 7) is 0.863. The molecule has 1 atom stereocenters. The molecule has 1 heterocycles. The van der Waals surface area contributed by atoms with Crippen molar-refractivity contribution < 1.29 is 4.79 Å². The van der Waals surface area contributed by atoms with E-state index in [1.807, 2.05) is 0 Å². The topological polar surface area (TPSA) is 41.1 Å². The van der Waals surface area contributed by atoms with Crippen LogP contribution >= 0.6 is 0 Å². The van der Waals surface area contributed by atoms with Crippen LogP contribution in [-0.2, 0) is 4.79 Å². The van der Waals surface area contributed by atoms with Crippen LogP contribution in [0.2, 0.25) is 0 Å². The van der Waals surface area contributed by atoms with Crippen molar-refractivity contribution in [2.75, 3.05) is 6.54 Å². The van der Waals surface area contributed by atoms with Crippen LogP contribution in [0.5, 0.6) is 0 Å². The molecule has 3 nitrogen and oxygen atoms in total. The summed E-state index contributed by atoms with van der Waals surface area (Å²) >= 11 is 0. The summed E-state index contributed by atoms with van der Waals surface area (Å²) in [5, 5.41) is 6.36. The Morgan fingerprint density at radius 2 is 1.92 bits per heavy atom. The Kier molecular flexibility index (Phi) is 2.83. The highest BCUT2D eigenvalue weighted by Gasteiger charge is 2.25. The molecule has 1 saturated carbocycles. The molecule has 0 aromatic carbocycles. The third kappa shape index (κ3) is 2.21. The Labute approximate surface area is 79.3 Å². The van der Waals surface area contributed by atoms with Gasteiger partial charge in [0.25, 0.3) is 0 Å². The van der Waals surface area contributed by atoms with Gasteiger partial charge in [0.2, 0.25) is 5.91 Å². The number of carbonyl (C=O) groups is 1. The van der Waals surface area contributed by atoms with Crippen LogP contribution in [0.4, 0.5) is 0 Å². The van der Waals surface area contributed by atoms with Crippen molar-refractivity contribution in [3.05, 3.63) is 0 Å². The maximum Gasteiger partial charge on any atom is 0.237 e. The van der Waals surface area contributed by atoms with Gasteiger partial charge in [0.05, 0.1) is 6.04 Å². The Hall–Kier alpha value is -0.570. The smallest absolute Gasteiger partial charge is 0.237 e. The first kappa shape index (κ1) is 9.00. The lowest BCUT2D eigenvalue weighted by Crippen LogP contribution is -2.50. The molecule has 74 valence electrons. The summed E-state index contributed by atoms with van der Waals surface area (Å²) in [5.41, 5.74) is 0. The lowest BCUT2D eigenvalue weighted by molar-refractivity contribution is -0.124. The molecule has 1 aliphatic carbocycles. The van der Waals surface area contributed by atoms with Gasteiger partial charge in [0, 0.05) is 12.6 Å². The fourth-order valence-corrected chi connectivity index (χ4v) is 2.31. The van der Waals surface area contributed by atoms with Crippen molar-refractivity contribution in [1.82, 2.24) is 10.6 Å². The predicted molar refractivity (Wildman–Crippen MR) is 51.4 cm³/mol. The summed E-state index contributed by atoms with van der Waals surface area (Å²) < 4.78 is 0. The third-order valence-corrected chi connectivity index (χ3v) is 3.08. The second-order valence-electron chi connectivity index (χ2n) is 4.13. The minimum atomic E-state index is 0.0943. The minimum absolute atomic E-state index is 0.0943. The zero-order valence-corrected chi connectivity index (χ0v) is 8.01. The van der Waals surface area contributed by atoms with Gasteiger partial charge >= 0.3 is 0 Å².